The van der Waals surface area contributed by atoms with E-state index in [1.165, 1.54) is 0 Å². The van der Waals surface area contributed by atoms with E-state index in [1.54, 1.807) is 0 Å². The first-order valence-electron chi connectivity index (χ1n) is 8.08. The molecule has 1 aromatic rings. The number of likely N-dealkylation sites (tertiary alicyclic amines) is 1. The quantitative estimate of drug-likeness (QED) is 0.871. The van der Waals surface area contributed by atoms with Gasteiger partial charge in [0.05, 0.1) is 5.92 Å². The molecule has 126 valence electrons. The SMILES string of the molecule is Cl.O=C(NC1CCN(Cc2ccccc2)C1=O)C1CCCNC1. The van der Waals surface area contributed by atoms with Crippen LogP contribution in [0.4, 0.5) is 0 Å². The van der Waals surface area contributed by atoms with Gasteiger partial charge in [-0.2, -0.15) is 0 Å². The summed E-state index contributed by atoms with van der Waals surface area (Å²) >= 11 is 0. The topological polar surface area (TPSA) is 61.4 Å². The lowest BCUT2D eigenvalue weighted by molar-refractivity contribution is -0.134. The molecule has 1 aromatic carbocycles. The van der Waals surface area contributed by atoms with Crippen LogP contribution in [0.1, 0.15) is 24.8 Å². The number of nitrogens with zero attached hydrogens (tertiary/aromatic N) is 1. The Hall–Kier alpha value is -1.59. The van der Waals surface area contributed by atoms with Gasteiger partial charge in [0.2, 0.25) is 11.8 Å². The second-order valence-corrected chi connectivity index (χ2v) is 6.14. The third-order valence-electron chi connectivity index (χ3n) is 4.50. The predicted molar refractivity (Wildman–Crippen MR) is 91.2 cm³/mol. The second kappa shape index (κ2) is 8.31. The van der Waals surface area contributed by atoms with Crippen LogP contribution < -0.4 is 10.6 Å². The molecule has 0 bridgehead atoms. The third kappa shape index (κ3) is 4.45. The maximum atomic E-state index is 12.4. The van der Waals surface area contributed by atoms with Crippen molar-refractivity contribution in [1.82, 2.24) is 15.5 Å². The lowest BCUT2D eigenvalue weighted by Gasteiger charge is -2.23. The molecule has 2 atom stereocenters. The zero-order chi connectivity index (χ0) is 15.4. The molecule has 2 aliphatic rings. The molecule has 0 aromatic heterocycles. The van der Waals surface area contributed by atoms with Crippen LogP contribution in [0.25, 0.3) is 0 Å². The van der Waals surface area contributed by atoms with E-state index < -0.39 is 0 Å². The Morgan fingerprint density at radius 3 is 2.74 bits per heavy atom. The van der Waals surface area contributed by atoms with Gasteiger partial charge in [-0.3, -0.25) is 9.59 Å². The summed E-state index contributed by atoms with van der Waals surface area (Å²) in [5.41, 5.74) is 1.12. The summed E-state index contributed by atoms with van der Waals surface area (Å²) in [4.78, 5) is 26.5. The van der Waals surface area contributed by atoms with E-state index in [4.69, 9.17) is 0 Å². The van der Waals surface area contributed by atoms with Gasteiger partial charge in [0.15, 0.2) is 0 Å². The number of piperidine rings is 1. The highest BCUT2D eigenvalue weighted by molar-refractivity contribution is 5.90. The van der Waals surface area contributed by atoms with E-state index in [9.17, 15) is 9.59 Å². The van der Waals surface area contributed by atoms with Crippen molar-refractivity contribution in [3.63, 3.8) is 0 Å². The number of carbonyl (C=O) groups is 2. The Labute approximate surface area is 143 Å². The van der Waals surface area contributed by atoms with Crippen molar-refractivity contribution in [2.45, 2.75) is 31.8 Å². The largest absolute Gasteiger partial charge is 0.344 e. The number of nitrogens with one attached hydrogen (secondary N) is 2. The fourth-order valence-corrected chi connectivity index (χ4v) is 3.20. The molecule has 2 heterocycles. The van der Waals surface area contributed by atoms with Gasteiger partial charge >= 0.3 is 0 Å². The first-order valence-corrected chi connectivity index (χ1v) is 8.08. The summed E-state index contributed by atoms with van der Waals surface area (Å²) in [5.74, 6) is 0.0674. The van der Waals surface area contributed by atoms with Crippen LogP contribution >= 0.6 is 12.4 Å². The number of rotatable bonds is 4. The molecule has 2 unspecified atom stereocenters. The number of amides is 2. The average Bonchev–Trinajstić information content (AvgIpc) is 2.90. The molecule has 2 saturated heterocycles. The van der Waals surface area contributed by atoms with E-state index in [0.717, 1.165) is 31.5 Å². The van der Waals surface area contributed by atoms with Gasteiger partial charge in [0, 0.05) is 19.6 Å². The number of carbonyl (C=O) groups excluding carboxylic acids is 2. The molecule has 23 heavy (non-hydrogen) atoms. The minimum Gasteiger partial charge on any atom is -0.344 e. The molecule has 2 aliphatic heterocycles. The molecule has 0 saturated carbocycles. The van der Waals surface area contributed by atoms with Crippen molar-refractivity contribution in [3.8, 4) is 0 Å². The first kappa shape index (κ1) is 17.8. The second-order valence-electron chi connectivity index (χ2n) is 6.14. The van der Waals surface area contributed by atoms with Crippen molar-refractivity contribution in [2.75, 3.05) is 19.6 Å². The molecule has 2 fully saturated rings. The summed E-state index contributed by atoms with van der Waals surface area (Å²) in [6.07, 6.45) is 2.64. The summed E-state index contributed by atoms with van der Waals surface area (Å²) in [6, 6.07) is 9.62. The Balaban J connectivity index is 0.00000192. The Kier molecular flexibility index (Phi) is 6.42. The van der Waals surface area contributed by atoms with Gasteiger partial charge in [0.25, 0.3) is 0 Å². The molecular formula is C17H24ClN3O2. The standard InChI is InChI=1S/C17H23N3O2.ClH/c21-16(14-7-4-9-18-11-14)19-15-8-10-20(17(15)22)12-13-5-2-1-3-6-13;/h1-3,5-6,14-15,18H,4,7-12H2,(H,19,21);1H. The van der Waals surface area contributed by atoms with E-state index in [1.807, 2.05) is 35.2 Å². The highest BCUT2D eigenvalue weighted by Gasteiger charge is 2.34. The monoisotopic (exact) mass is 337 g/mol. The molecule has 0 radical (unpaired) electrons. The zero-order valence-electron chi connectivity index (χ0n) is 13.2. The van der Waals surface area contributed by atoms with E-state index in [0.29, 0.717) is 19.5 Å². The van der Waals surface area contributed by atoms with Gasteiger partial charge in [-0.15, -0.1) is 12.4 Å². The zero-order valence-corrected chi connectivity index (χ0v) is 14.0. The smallest absolute Gasteiger partial charge is 0.245 e. The summed E-state index contributed by atoms with van der Waals surface area (Å²) < 4.78 is 0. The normalized spacial score (nSPS) is 24.2. The van der Waals surface area contributed by atoms with Gasteiger partial charge < -0.3 is 15.5 Å². The Morgan fingerprint density at radius 2 is 2.04 bits per heavy atom. The van der Waals surface area contributed by atoms with Crippen molar-refractivity contribution < 1.29 is 9.59 Å². The highest BCUT2D eigenvalue weighted by atomic mass is 35.5. The summed E-state index contributed by atoms with van der Waals surface area (Å²) in [7, 11) is 0. The van der Waals surface area contributed by atoms with E-state index in [2.05, 4.69) is 10.6 Å². The number of hydrogen-bond donors (Lipinski definition) is 2. The van der Waals surface area contributed by atoms with E-state index >= 15 is 0 Å². The van der Waals surface area contributed by atoms with Crippen LogP contribution in [-0.4, -0.2) is 42.4 Å². The number of halogens is 1. The molecule has 5 nitrogen and oxygen atoms in total. The number of benzene rings is 1. The summed E-state index contributed by atoms with van der Waals surface area (Å²) in [5, 5.41) is 6.18. The van der Waals surface area contributed by atoms with Crippen LogP contribution in [0.5, 0.6) is 0 Å². The average molecular weight is 338 g/mol. The lowest BCUT2D eigenvalue weighted by Crippen LogP contribution is -2.47. The van der Waals surface area contributed by atoms with Gasteiger partial charge in [-0.05, 0) is 31.4 Å². The van der Waals surface area contributed by atoms with Crippen LogP contribution in [0, 0.1) is 5.92 Å². The summed E-state index contributed by atoms with van der Waals surface area (Å²) in [6.45, 7) is 3.04. The maximum absolute atomic E-state index is 12.4. The van der Waals surface area contributed by atoms with Crippen molar-refractivity contribution in [3.05, 3.63) is 35.9 Å². The lowest BCUT2D eigenvalue weighted by atomic mass is 9.98. The van der Waals surface area contributed by atoms with Gasteiger partial charge in [-0.25, -0.2) is 0 Å². The first-order chi connectivity index (χ1) is 10.7. The van der Waals surface area contributed by atoms with Crippen LogP contribution in [0.2, 0.25) is 0 Å². The van der Waals surface area contributed by atoms with Crippen molar-refractivity contribution in [1.29, 1.82) is 0 Å². The fraction of sp³-hybridized carbons (Fsp3) is 0.529. The van der Waals surface area contributed by atoms with Crippen LogP contribution in [0.15, 0.2) is 30.3 Å². The highest BCUT2D eigenvalue weighted by Crippen LogP contribution is 2.17. The van der Waals surface area contributed by atoms with Crippen molar-refractivity contribution in [2.24, 2.45) is 5.92 Å². The van der Waals surface area contributed by atoms with Crippen molar-refractivity contribution >= 4 is 24.2 Å². The van der Waals surface area contributed by atoms with Gasteiger partial charge in [0.1, 0.15) is 6.04 Å². The predicted octanol–water partition coefficient (Wildman–Crippen LogP) is 1.33. The van der Waals surface area contributed by atoms with Crippen LogP contribution in [-0.2, 0) is 16.1 Å². The molecule has 2 amide bonds. The molecule has 6 heteroatoms. The molecule has 0 spiro atoms. The number of hydrogen-bond acceptors (Lipinski definition) is 3. The third-order valence-corrected chi connectivity index (χ3v) is 4.50. The van der Waals surface area contributed by atoms with E-state index in [-0.39, 0.29) is 36.2 Å². The van der Waals surface area contributed by atoms with Crippen LogP contribution in [0.3, 0.4) is 0 Å². The Morgan fingerprint density at radius 1 is 1.26 bits per heavy atom. The minimum atomic E-state index is -0.349. The molecule has 0 aliphatic carbocycles. The molecule has 3 rings (SSSR count). The maximum Gasteiger partial charge on any atom is 0.245 e. The fourth-order valence-electron chi connectivity index (χ4n) is 3.20. The van der Waals surface area contributed by atoms with Gasteiger partial charge in [-0.1, -0.05) is 30.3 Å². The minimum absolute atomic E-state index is 0. The Bertz CT molecular complexity index is 532. The molecule has 2 N–H and O–H groups in total. The molecular weight excluding hydrogens is 314 g/mol.